The van der Waals surface area contributed by atoms with Crippen LogP contribution in [0.25, 0.3) is 16.6 Å². The maximum Gasteiger partial charge on any atom is 0.0680 e. The van der Waals surface area contributed by atoms with Crippen LogP contribution in [0, 0.1) is 0 Å². The fourth-order valence-electron chi connectivity index (χ4n) is 1.72. The van der Waals surface area contributed by atoms with Gasteiger partial charge in [0.15, 0.2) is 0 Å². The lowest BCUT2D eigenvalue weighted by molar-refractivity contribution is 0.797. The van der Waals surface area contributed by atoms with Crippen molar-refractivity contribution in [3.05, 3.63) is 42.9 Å². The minimum atomic E-state index is 1.06. The van der Waals surface area contributed by atoms with E-state index in [0.29, 0.717) is 0 Å². The number of nitrogens with zero attached hydrogens (tertiary/aromatic N) is 4. The lowest BCUT2D eigenvalue weighted by Gasteiger charge is -2.01. The Hall–Kier alpha value is -2.10. The average molecular weight is 198 g/mol. The first kappa shape index (κ1) is 8.23. The molecule has 0 aliphatic carbocycles. The highest BCUT2D eigenvalue weighted by atomic mass is 15.3. The number of fused-ring (bicyclic) bond motifs is 1. The minimum Gasteiger partial charge on any atom is -0.268 e. The molecule has 3 aromatic rings. The smallest absolute Gasteiger partial charge is 0.0680 e. The molecule has 2 heterocycles. The van der Waals surface area contributed by atoms with E-state index in [2.05, 4.69) is 22.3 Å². The van der Waals surface area contributed by atoms with Gasteiger partial charge in [-0.2, -0.15) is 10.2 Å². The molecule has 0 aliphatic heterocycles. The van der Waals surface area contributed by atoms with Gasteiger partial charge in [-0.15, -0.1) is 0 Å². The monoisotopic (exact) mass is 198 g/mol. The van der Waals surface area contributed by atoms with Crippen LogP contribution in [0.1, 0.15) is 0 Å². The summed E-state index contributed by atoms with van der Waals surface area (Å²) in [5, 5.41) is 9.52. The van der Waals surface area contributed by atoms with Crippen LogP contribution in [-0.4, -0.2) is 19.6 Å². The molecule has 0 fully saturated rings. The molecule has 0 saturated carbocycles. The summed E-state index contributed by atoms with van der Waals surface area (Å²) < 4.78 is 3.70. The molecule has 0 radical (unpaired) electrons. The van der Waals surface area contributed by atoms with E-state index in [0.717, 1.165) is 16.6 Å². The third kappa shape index (κ3) is 1.22. The molecule has 0 saturated heterocycles. The van der Waals surface area contributed by atoms with Gasteiger partial charge in [-0.1, -0.05) is 0 Å². The maximum absolute atomic E-state index is 4.21. The zero-order valence-corrected chi connectivity index (χ0v) is 8.33. The van der Waals surface area contributed by atoms with E-state index >= 15 is 0 Å². The number of hydrogen-bond donors (Lipinski definition) is 0. The Morgan fingerprint density at radius 2 is 2.13 bits per heavy atom. The van der Waals surface area contributed by atoms with Crippen molar-refractivity contribution >= 4 is 10.9 Å². The van der Waals surface area contributed by atoms with Crippen LogP contribution in [-0.2, 0) is 7.05 Å². The van der Waals surface area contributed by atoms with Gasteiger partial charge in [-0.05, 0) is 24.3 Å². The second-order valence-electron chi connectivity index (χ2n) is 3.46. The Bertz CT molecular complexity index is 592. The Morgan fingerprint density at radius 1 is 1.20 bits per heavy atom. The average Bonchev–Trinajstić information content (AvgIpc) is 2.88. The number of benzene rings is 1. The van der Waals surface area contributed by atoms with E-state index in [9.17, 15) is 0 Å². The molecule has 1 aromatic carbocycles. The van der Waals surface area contributed by atoms with Crippen molar-refractivity contribution < 1.29 is 0 Å². The van der Waals surface area contributed by atoms with Gasteiger partial charge < -0.3 is 0 Å². The number of aromatic nitrogens is 4. The van der Waals surface area contributed by atoms with Crippen molar-refractivity contribution in [3.63, 3.8) is 0 Å². The van der Waals surface area contributed by atoms with Crippen molar-refractivity contribution in [1.82, 2.24) is 19.6 Å². The van der Waals surface area contributed by atoms with E-state index in [1.54, 1.807) is 6.20 Å². The van der Waals surface area contributed by atoms with Crippen LogP contribution in [0.3, 0.4) is 0 Å². The summed E-state index contributed by atoms with van der Waals surface area (Å²) in [6.07, 6.45) is 5.56. The molecule has 74 valence electrons. The molecule has 0 bridgehead atoms. The van der Waals surface area contributed by atoms with E-state index in [1.807, 2.05) is 40.9 Å². The molecule has 0 spiro atoms. The highest BCUT2D eigenvalue weighted by Gasteiger charge is 2.01. The predicted molar refractivity (Wildman–Crippen MR) is 57.8 cm³/mol. The Morgan fingerprint density at radius 3 is 2.93 bits per heavy atom. The topological polar surface area (TPSA) is 35.6 Å². The van der Waals surface area contributed by atoms with Gasteiger partial charge in [-0.25, -0.2) is 4.68 Å². The highest BCUT2D eigenvalue weighted by Crippen LogP contribution is 2.16. The number of hydrogen-bond acceptors (Lipinski definition) is 2. The van der Waals surface area contributed by atoms with Gasteiger partial charge in [0, 0.05) is 24.8 Å². The van der Waals surface area contributed by atoms with Crippen LogP contribution in [0.4, 0.5) is 0 Å². The standard InChI is InChI=1S/C11H10N4/c1-14-11-4-3-10(7-9(11)8-13-14)15-6-2-5-12-15/h2-8H,1H3. The van der Waals surface area contributed by atoms with Gasteiger partial charge in [0.2, 0.25) is 0 Å². The van der Waals surface area contributed by atoms with Crippen LogP contribution in [0.5, 0.6) is 0 Å². The third-order valence-corrected chi connectivity index (χ3v) is 2.50. The summed E-state index contributed by atoms with van der Waals surface area (Å²) in [5.41, 5.74) is 2.19. The molecule has 0 aliphatic rings. The molecule has 2 aromatic heterocycles. The minimum absolute atomic E-state index is 1.06. The van der Waals surface area contributed by atoms with Gasteiger partial charge in [0.25, 0.3) is 0 Å². The van der Waals surface area contributed by atoms with Gasteiger partial charge in [0.05, 0.1) is 17.4 Å². The summed E-state index contributed by atoms with van der Waals surface area (Å²) in [7, 11) is 1.94. The fourth-order valence-corrected chi connectivity index (χ4v) is 1.72. The first-order chi connectivity index (χ1) is 7.34. The molecule has 3 rings (SSSR count). The third-order valence-electron chi connectivity index (χ3n) is 2.50. The quantitative estimate of drug-likeness (QED) is 0.597. The van der Waals surface area contributed by atoms with Crippen LogP contribution >= 0.6 is 0 Å². The van der Waals surface area contributed by atoms with E-state index in [4.69, 9.17) is 0 Å². The summed E-state index contributed by atoms with van der Waals surface area (Å²) in [5.74, 6) is 0. The van der Waals surface area contributed by atoms with E-state index < -0.39 is 0 Å². The molecule has 0 N–H and O–H groups in total. The number of aryl methyl sites for hydroxylation is 1. The predicted octanol–water partition coefficient (Wildman–Crippen LogP) is 1.76. The van der Waals surface area contributed by atoms with Crippen LogP contribution < -0.4 is 0 Å². The Kier molecular flexibility index (Phi) is 1.62. The lowest BCUT2D eigenvalue weighted by atomic mass is 10.2. The SMILES string of the molecule is Cn1ncc2cc(-n3cccn3)ccc21. The molecule has 0 unspecified atom stereocenters. The van der Waals surface area contributed by atoms with Crippen LogP contribution in [0.2, 0.25) is 0 Å². The summed E-state index contributed by atoms with van der Waals surface area (Å²) >= 11 is 0. The van der Waals surface area contributed by atoms with Crippen molar-refractivity contribution in [2.45, 2.75) is 0 Å². The van der Waals surface area contributed by atoms with Gasteiger partial charge in [0.1, 0.15) is 0 Å². The molecule has 0 atom stereocenters. The van der Waals surface area contributed by atoms with Crippen molar-refractivity contribution in [1.29, 1.82) is 0 Å². The van der Waals surface area contributed by atoms with E-state index in [1.165, 1.54) is 0 Å². The molecule has 0 amide bonds. The lowest BCUT2D eigenvalue weighted by Crippen LogP contribution is -1.94. The second kappa shape index (κ2) is 2.95. The largest absolute Gasteiger partial charge is 0.268 e. The maximum atomic E-state index is 4.21. The number of rotatable bonds is 1. The Labute approximate surface area is 86.7 Å². The molecule has 15 heavy (non-hydrogen) atoms. The summed E-state index contributed by atoms with van der Waals surface area (Å²) in [6.45, 7) is 0. The first-order valence-electron chi connectivity index (χ1n) is 4.76. The van der Waals surface area contributed by atoms with Crippen molar-refractivity contribution in [2.75, 3.05) is 0 Å². The van der Waals surface area contributed by atoms with Crippen molar-refractivity contribution in [3.8, 4) is 5.69 Å². The molecular formula is C11H10N4. The fraction of sp³-hybridized carbons (Fsp3) is 0.0909. The summed E-state index contributed by atoms with van der Waals surface area (Å²) in [6, 6.07) is 8.08. The Balaban J connectivity index is 2.23. The summed E-state index contributed by atoms with van der Waals surface area (Å²) in [4.78, 5) is 0. The van der Waals surface area contributed by atoms with Gasteiger partial charge in [-0.3, -0.25) is 4.68 Å². The van der Waals surface area contributed by atoms with Crippen molar-refractivity contribution in [2.24, 2.45) is 7.05 Å². The second-order valence-corrected chi connectivity index (χ2v) is 3.46. The van der Waals surface area contributed by atoms with E-state index in [-0.39, 0.29) is 0 Å². The first-order valence-corrected chi connectivity index (χ1v) is 4.76. The zero-order chi connectivity index (χ0) is 10.3. The molecule has 4 heteroatoms. The highest BCUT2D eigenvalue weighted by molar-refractivity contribution is 5.80. The van der Waals surface area contributed by atoms with Crippen LogP contribution in [0.15, 0.2) is 42.9 Å². The normalized spacial score (nSPS) is 11.0. The zero-order valence-electron chi connectivity index (χ0n) is 8.33. The molecular weight excluding hydrogens is 188 g/mol. The molecule has 4 nitrogen and oxygen atoms in total. The van der Waals surface area contributed by atoms with Gasteiger partial charge >= 0.3 is 0 Å².